The lowest BCUT2D eigenvalue weighted by molar-refractivity contribution is -0.153. The van der Waals surface area contributed by atoms with Crippen LogP contribution in [0.25, 0.3) is 0 Å². The molecule has 0 radical (unpaired) electrons. The van der Waals surface area contributed by atoms with Crippen LogP contribution in [-0.2, 0) is 16.0 Å². The van der Waals surface area contributed by atoms with Gasteiger partial charge in [-0.15, -0.1) is 0 Å². The molecule has 0 spiro atoms. The molecule has 1 saturated heterocycles. The molecule has 0 aromatic carbocycles. The summed E-state index contributed by atoms with van der Waals surface area (Å²) in [7, 11) is 1.86. The molecule has 2 heterocycles. The second kappa shape index (κ2) is 6.69. The summed E-state index contributed by atoms with van der Waals surface area (Å²) in [5, 5.41) is 3.13. The molecule has 2 fully saturated rings. The monoisotopic (exact) mass is 315 g/mol. The number of piperidine rings is 1. The van der Waals surface area contributed by atoms with Crippen LogP contribution < -0.4 is 5.32 Å². The molecule has 1 aromatic heterocycles. The maximum atomic E-state index is 12.9. The maximum Gasteiger partial charge on any atom is 0.228 e. The van der Waals surface area contributed by atoms with Crippen LogP contribution in [0.2, 0.25) is 0 Å². The number of rotatable bonds is 4. The van der Waals surface area contributed by atoms with Crippen LogP contribution in [-0.4, -0.2) is 41.3 Å². The number of amides is 2. The van der Waals surface area contributed by atoms with Crippen molar-refractivity contribution < 1.29 is 9.59 Å². The highest BCUT2D eigenvalue weighted by Gasteiger charge is 2.52. The fraction of sp³-hybridized carbons (Fsp3) is 0.611. The van der Waals surface area contributed by atoms with E-state index in [2.05, 4.69) is 10.3 Å². The molecular weight excluding hydrogens is 290 g/mol. The summed E-state index contributed by atoms with van der Waals surface area (Å²) < 4.78 is 0. The third-order valence-electron chi connectivity index (χ3n) is 5.53. The zero-order valence-electron chi connectivity index (χ0n) is 13.8. The van der Waals surface area contributed by atoms with Gasteiger partial charge in [0.2, 0.25) is 11.8 Å². The third-order valence-corrected chi connectivity index (χ3v) is 5.53. The number of carbonyl (C=O) groups excluding carboxylic acids is 2. The molecule has 1 aliphatic heterocycles. The summed E-state index contributed by atoms with van der Waals surface area (Å²) in [5.41, 5.74) is 0.799. The Morgan fingerprint density at radius 1 is 1.35 bits per heavy atom. The molecule has 2 aliphatic rings. The van der Waals surface area contributed by atoms with E-state index in [1.54, 1.807) is 12.4 Å². The Balaban J connectivity index is 1.65. The van der Waals surface area contributed by atoms with Crippen molar-refractivity contribution in [2.75, 3.05) is 13.6 Å². The number of likely N-dealkylation sites (tertiary alicyclic amines) is 1. The van der Waals surface area contributed by atoms with Crippen molar-refractivity contribution >= 4 is 11.8 Å². The van der Waals surface area contributed by atoms with Crippen molar-refractivity contribution in [1.29, 1.82) is 0 Å². The number of aromatic nitrogens is 1. The van der Waals surface area contributed by atoms with Gasteiger partial charge in [-0.25, -0.2) is 0 Å². The van der Waals surface area contributed by atoms with E-state index in [-0.39, 0.29) is 23.3 Å². The van der Waals surface area contributed by atoms with Crippen LogP contribution in [0, 0.1) is 5.41 Å². The van der Waals surface area contributed by atoms with E-state index in [1.807, 2.05) is 24.1 Å². The largest absolute Gasteiger partial charge is 0.355 e. The molecule has 124 valence electrons. The van der Waals surface area contributed by atoms with Gasteiger partial charge in [-0.2, -0.15) is 0 Å². The second-order valence-corrected chi connectivity index (χ2v) is 6.78. The van der Waals surface area contributed by atoms with Crippen LogP contribution in [0.3, 0.4) is 0 Å². The molecule has 1 N–H and O–H groups in total. The average Bonchev–Trinajstić information content (AvgIpc) is 2.59. The normalized spacial score (nSPS) is 27.4. The van der Waals surface area contributed by atoms with Gasteiger partial charge in [0.15, 0.2) is 0 Å². The summed E-state index contributed by atoms with van der Waals surface area (Å²) in [6.07, 6.45) is 9.57. The fourth-order valence-corrected chi connectivity index (χ4v) is 4.18. The molecule has 1 aromatic rings. The molecule has 5 nitrogen and oxygen atoms in total. The van der Waals surface area contributed by atoms with Crippen LogP contribution in [0.4, 0.5) is 0 Å². The van der Waals surface area contributed by atoms with Gasteiger partial charge in [-0.05, 0) is 43.4 Å². The fourth-order valence-electron chi connectivity index (χ4n) is 4.18. The van der Waals surface area contributed by atoms with E-state index in [4.69, 9.17) is 0 Å². The minimum absolute atomic E-state index is 0.0680. The van der Waals surface area contributed by atoms with Crippen molar-refractivity contribution in [2.24, 2.45) is 5.41 Å². The zero-order valence-corrected chi connectivity index (χ0v) is 13.8. The van der Waals surface area contributed by atoms with Gasteiger partial charge < -0.3 is 10.2 Å². The topological polar surface area (TPSA) is 62.3 Å². The van der Waals surface area contributed by atoms with Gasteiger partial charge in [0, 0.05) is 38.4 Å². The van der Waals surface area contributed by atoms with Crippen molar-refractivity contribution in [1.82, 2.24) is 15.2 Å². The molecule has 1 saturated carbocycles. The Morgan fingerprint density at radius 3 is 2.91 bits per heavy atom. The molecular formula is C18H25N3O2. The number of pyridine rings is 1. The Hall–Kier alpha value is -1.91. The zero-order chi connectivity index (χ0) is 16.3. The number of nitrogens with one attached hydrogen (secondary N) is 1. The minimum atomic E-state index is -0.376. The maximum absolute atomic E-state index is 12.9. The molecule has 23 heavy (non-hydrogen) atoms. The van der Waals surface area contributed by atoms with Crippen molar-refractivity contribution in [3.05, 3.63) is 30.1 Å². The number of carbonyl (C=O) groups is 2. The van der Waals surface area contributed by atoms with Crippen LogP contribution >= 0.6 is 0 Å². The van der Waals surface area contributed by atoms with Crippen molar-refractivity contribution in [2.45, 2.75) is 51.0 Å². The van der Waals surface area contributed by atoms with Gasteiger partial charge in [0.25, 0.3) is 0 Å². The third kappa shape index (κ3) is 3.09. The Morgan fingerprint density at radius 2 is 2.13 bits per heavy atom. The predicted octanol–water partition coefficient (Wildman–Crippen LogP) is 1.92. The van der Waals surface area contributed by atoms with E-state index in [9.17, 15) is 9.59 Å². The van der Waals surface area contributed by atoms with Gasteiger partial charge >= 0.3 is 0 Å². The van der Waals surface area contributed by atoms with E-state index in [1.165, 1.54) is 5.56 Å². The Kier molecular flexibility index (Phi) is 4.64. The lowest BCUT2D eigenvalue weighted by Crippen LogP contribution is -2.60. The Bertz CT molecular complexity index is 575. The highest BCUT2D eigenvalue weighted by Crippen LogP contribution is 2.46. The van der Waals surface area contributed by atoms with E-state index >= 15 is 0 Å². The highest BCUT2D eigenvalue weighted by molar-refractivity contribution is 5.87. The Labute approximate surface area is 137 Å². The van der Waals surface area contributed by atoms with Gasteiger partial charge in [-0.3, -0.25) is 14.6 Å². The first-order chi connectivity index (χ1) is 11.1. The summed E-state index contributed by atoms with van der Waals surface area (Å²) in [4.78, 5) is 30.8. The molecule has 1 aliphatic carbocycles. The standard InChI is InChI=1S/C18H25N3O2/c1-21-15-4-2-3-9-18(15,10-5-16(21)22)17(23)20-13-8-14-6-11-19-12-7-14/h6-7,11-12,15H,2-5,8-10,13H2,1H3,(H,20,23)/t15-,18-/m0/s1. The molecule has 0 unspecified atom stereocenters. The van der Waals surface area contributed by atoms with Crippen molar-refractivity contribution in [3.63, 3.8) is 0 Å². The van der Waals surface area contributed by atoms with E-state index in [0.717, 1.165) is 32.1 Å². The highest BCUT2D eigenvalue weighted by atomic mass is 16.2. The molecule has 2 atom stereocenters. The van der Waals surface area contributed by atoms with E-state index in [0.29, 0.717) is 19.4 Å². The molecule has 0 bridgehead atoms. The number of nitrogens with zero attached hydrogens (tertiary/aromatic N) is 2. The molecule has 2 amide bonds. The van der Waals surface area contributed by atoms with Crippen molar-refractivity contribution in [3.8, 4) is 0 Å². The lowest BCUT2D eigenvalue weighted by atomic mass is 9.64. The summed E-state index contributed by atoms with van der Waals surface area (Å²) in [5.74, 6) is 0.313. The average molecular weight is 315 g/mol. The van der Waals surface area contributed by atoms with Crippen LogP contribution in [0.1, 0.15) is 44.1 Å². The first-order valence-corrected chi connectivity index (χ1v) is 8.56. The number of hydrogen-bond acceptors (Lipinski definition) is 3. The lowest BCUT2D eigenvalue weighted by Gasteiger charge is -2.50. The molecule has 5 heteroatoms. The molecule has 3 rings (SSSR count). The van der Waals surface area contributed by atoms with Crippen LogP contribution in [0.5, 0.6) is 0 Å². The predicted molar refractivity (Wildman–Crippen MR) is 87.6 cm³/mol. The van der Waals surface area contributed by atoms with Gasteiger partial charge in [0.05, 0.1) is 5.41 Å². The number of fused-ring (bicyclic) bond motifs is 1. The smallest absolute Gasteiger partial charge is 0.228 e. The first-order valence-electron chi connectivity index (χ1n) is 8.56. The van der Waals surface area contributed by atoms with Gasteiger partial charge in [-0.1, -0.05) is 12.8 Å². The van der Waals surface area contributed by atoms with Gasteiger partial charge in [0.1, 0.15) is 0 Å². The minimum Gasteiger partial charge on any atom is -0.355 e. The first kappa shape index (κ1) is 16.0. The second-order valence-electron chi connectivity index (χ2n) is 6.78. The quantitative estimate of drug-likeness (QED) is 0.923. The SMILES string of the molecule is CN1C(=O)CC[C@@]2(C(=O)NCCc3ccncc3)CCCC[C@H]12. The summed E-state index contributed by atoms with van der Waals surface area (Å²) in [6.45, 7) is 0.634. The number of hydrogen-bond donors (Lipinski definition) is 1. The summed E-state index contributed by atoms with van der Waals surface area (Å²) in [6, 6.07) is 4.01. The van der Waals surface area contributed by atoms with Crippen LogP contribution in [0.15, 0.2) is 24.5 Å². The summed E-state index contributed by atoms with van der Waals surface area (Å²) >= 11 is 0. The van der Waals surface area contributed by atoms with E-state index < -0.39 is 0 Å².